The molecular weight excluding hydrogens is 779 g/mol. The second-order valence-electron chi connectivity index (χ2n) is 16.8. The van der Waals surface area contributed by atoms with E-state index in [1.165, 1.54) is 66.1 Å². The number of benzene rings is 10. The Balaban J connectivity index is 1.02. The van der Waals surface area contributed by atoms with Crippen molar-refractivity contribution in [2.75, 3.05) is 0 Å². The molecule has 0 N–H and O–H groups in total. The van der Waals surface area contributed by atoms with Gasteiger partial charge in [-0.1, -0.05) is 152 Å². The zero-order chi connectivity index (χ0) is 41.9. The number of hydrogen-bond acceptors (Lipinski definition) is 5. The second kappa shape index (κ2) is 13.4. The predicted molar refractivity (Wildman–Crippen MR) is 261 cm³/mol. The van der Waals surface area contributed by atoms with Crippen molar-refractivity contribution in [3.63, 3.8) is 0 Å². The Hall–Kier alpha value is -8.67. The third kappa shape index (κ3) is 5.22. The second-order valence-corrected chi connectivity index (χ2v) is 16.8. The first-order chi connectivity index (χ1) is 31.7. The van der Waals surface area contributed by atoms with Crippen LogP contribution in [-0.4, -0.2) is 24.9 Å². The smallest absolute Gasteiger partial charge is 0.164 e. The zero-order valence-electron chi connectivity index (χ0n) is 34.3. The van der Waals surface area contributed by atoms with Gasteiger partial charge in [-0.05, 0) is 135 Å². The molecule has 12 aromatic rings. The molecule has 2 aliphatic carbocycles. The molecule has 5 nitrogen and oxygen atoms in total. The van der Waals surface area contributed by atoms with Crippen molar-refractivity contribution >= 4 is 43.4 Å². The van der Waals surface area contributed by atoms with E-state index in [9.17, 15) is 0 Å². The molecule has 294 valence electrons. The monoisotopic (exact) mass is 811 g/mol. The van der Waals surface area contributed by atoms with E-state index in [1.807, 2.05) is 18.2 Å². The number of aromatic nitrogens is 5. The van der Waals surface area contributed by atoms with Crippen molar-refractivity contribution in [3.8, 4) is 101 Å². The van der Waals surface area contributed by atoms with Gasteiger partial charge in [-0.2, -0.15) is 0 Å². The molecular formula is C59H33N5. The molecule has 14 rings (SSSR count). The van der Waals surface area contributed by atoms with Gasteiger partial charge >= 0.3 is 0 Å². The van der Waals surface area contributed by atoms with Crippen LogP contribution < -0.4 is 0 Å². The van der Waals surface area contributed by atoms with E-state index in [0.29, 0.717) is 17.5 Å². The van der Waals surface area contributed by atoms with Gasteiger partial charge in [0.15, 0.2) is 17.5 Å². The van der Waals surface area contributed by atoms with E-state index in [0.717, 1.165) is 60.8 Å². The molecule has 0 fully saturated rings. The lowest BCUT2D eigenvalue weighted by atomic mass is 9.89. The third-order valence-electron chi connectivity index (χ3n) is 13.3. The van der Waals surface area contributed by atoms with Gasteiger partial charge in [0.1, 0.15) is 0 Å². The average molecular weight is 812 g/mol. The topological polar surface area (TPSA) is 64.5 Å². The van der Waals surface area contributed by atoms with E-state index >= 15 is 0 Å². The van der Waals surface area contributed by atoms with Gasteiger partial charge in [-0.25, -0.2) is 15.0 Å². The van der Waals surface area contributed by atoms with Gasteiger partial charge in [0, 0.05) is 29.1 Å². The largest absolute Gasteiger partial charge is 0.253 e. The fraction of sp³-hybridized carbons (Fsp3) is 0. The maximum absolute atomic E-state index is 5.34. The number of hydrogen-bond donors (Lipinski definition) is 0. The molecule has 10 aromatic carbocycles. The van der Waals surface area contributed by atoms with Crippen LogP contribution in [0.4, 0.5) is 0 Å². The number of fused-ring (bicyclic) bond motifs is 8. The average Bonchev–Trinajstić information content (AvgIpc) is 3.87. The van der Waals surface area contributed by atoms with E-state index in [4.69, 9.17) is 15.0 Å². The highest BCUT2D eigenvalue weighted by Gasteiger charge is 2.25. The van der Waals surface area contributed by atoms with Crippen molar-refractivity contribution in [1.82, 2.24) is 24.9 Å². The molecule has 64 heavy (non-hydrogen) atoms. The Bertz CT molecular complexity index is 3760. The van der Waals surface area contributed by atoms with Crippen LogP contribution >= 0.6 is 0 Å². The summed E-state index contributed by atoms with van der Waals surface area (Å²) in [6.07, 6.45) is 3.46. The van der Waals surface area contributed by atoms with E-state index in [1.54, 1.807) is 12.4 Å². The molecule has 2 aliphatic rings. The van der Waals surface area contributed by atoms with Crippen molar-refractivity contribution in [3.05, 3.63) is 200 Å². The highest BCUT2D eigenvalue weighted by Crippen LogP contribution is 2.52. The van der Waals surface area contributed by atoms with E-state index < -0.39 is 0 Å². The van der Waals surface area contributed by atoms with Crippen LogP contribution in [0.1, 0.15) is 0 Å². The van der Waals surface area contributed by atoms with Crippen LogP contribution in [0.2, 0.25) is 0 Å². The summed E-state index contributed by atoms with van der Waals surface area (Å²) in [6, 6.07) is 67.8. The van der Waals surface area contributed by atoms with Crippen LogP contribution in [0.25, 0.3) is 144 Å². The zero-order valence-corrected chi connectivity index (χ0v) is 34.3. The molecule has 2 aromatic heterocycles. The van der Waals surface area contributed by atoms with Crippen LogP contribution in [-0.2, 0) is 0 Å². The summed E-state index contributed by atoms with van der Waals surface area (Å²) >= 11 is 0. The first-order valence-electron chi connectivity index (χ1n) is 21.6. The van der Waals surface area contributed by atoms with Gasteiger partial charge < -0.3 is 0 Å². The molecule has 2 heterocycles. The number of rotatable bonds is 5. The summed E-state index contributed by atoms with van der Waals surface area (Å²) < 4.78 is 0. The lowest BCUT2D eigenvalue weighted by Gasteiger charge is -2.16. The Kier molecular flexibility index (Phi) is 7.33. The summed E-state index contributed by atoms with van der Waals surface area (Å²) in [5, 5.41) is 7.15. The molecule has 0 spiro atoms. The van der Waals surface area contributed by atoms with Gasteiger partial charge in [-0.15, -0.1) is 0 Å². The van der Waals surface area contributed by atoms with Crippen molar-refractivity contribution < 1.29 is 0 Å². The van der Waals surface area contributed by atoms with Crippen LogP contribution in [0.15, 0.2) is 200 Å². The lowest BCUT2D eigenvalue weighted by molar-refractivity contribution is 1.07. The summed E-state index contributed by atoms with van der Waals surface area (Å²) in [5.74, 6) is 1.82. The minimum atomic E-state index is 0.600. The Labute approximate surface area is 368 Å². The van der Waals surface area contributed by atoms with Gasteiger partial charge in [0.25, 0.3) is 0 Å². The molecule has 0 unspecified atom stereocenters. The van der Waals surface area contributed by atoms with Crippen LogP contribution in [0.5, 0.6) is 0 Å². The standard InChI is InChI=1S/C59H33N5/c1-2-10-34(11-3-1)57-62-58(36-21-20-35-32-53-54(33-37(35)28-36)61-27-26-60-53)64-59(63-57)40-30-38(41-22-24-51-45-14-6-4-12-43(45)49-18-8-16-47(41)55(49)51)29-39(31-40)42-23-25-52-46-15-7-5-13-44(46)50-19-9-17-48(42)56(50)52/h1-33H. The summed E-state index contributed by atoms with van der Waals surface area (Å²) in [4.78, 5) is 24.9. The van der Waals surface area contributed by atoms with Gasteiger partial charge in [0.05, 0.1) is 11.0 Å². The molecule has 0 atom stereocenters. The molecule has 0 saturated heterocycles. The Morgan fingerprint density at radius 2 is 0.688 bits per heavy atom. The Morgan fingerprint density at radius 1 is 0.250 bits per heavy atom. The minimum Gasteiger partial charge on any atom is -0.253 e. The summed E-state index contributed by atoms with van der Waals surface area (Å²) in [6.45, 7) is 0. The van der Waals surface area contributed by atoms with Crippen LogP contribution in [0.3, 0.4) is 0 Å². The molecule has 0 amide bonds. The first-order valence-corrected chi connectivity index (χ1v) is 21.6. The maximum Gasteiger partial charge on any atom is 0.164 e. The summed E-state index contributed by atoms with van der Waals surface area (Å²) in [7, 11) is 0. The van der Waals surface area contributed by atoms with E-state index in [-0.39, 0.29) is 0 Å². The highest BCUT2D eigenvalue weighted by atomic mass is 15.0. The van der Waals surface area contributed by atoms with Crippen molar-refractivity contribution in [2.24, 2.45) is 0 Å². The lowest BCUT2D eigenvalue weighted by Crippen LogP contribution is -2.01. The fourth-order valence-corrected chi connectivity index (χ4v) is 10.4. The molecule has 5 heteroatoms. The van der Waals surface area contributed by atoms with Crippen LogP contribution in [0, 0.1) is 0 Å². The SMILES string of the molecule is c1ccc(-c2nc(-c3cc(-c4ccc5c6c(cccc46)-c4ccccc4-5)cc(-c4ccc5c6c(cccc46)-c4ccccc4-5)c3)nc(-c3ccc4cc5nccnc5cc4c3)n2)cc1. The van der Waals surface area contributed by atoms with Gasteiger partial charge in [-0.3, -0.25) is 9.97 Å². The molecule has 0 radical (unpaired) electrons. The minimum absolute atomic E-state index is 0.600. The molecule has 0 saturated carbocycles. The summed E-state index contributed by atoms with van der Waals surface area (Å²) in [5.41, 5.74) is 19.2. The third-order valence-corrected chi connectivity index (χ3v) is 13.3. The Morgan fingerprint density at radius 3 is 1.25 bits per heavy atom. The molecule has 0 bridgehead atoms. The normalized spacial score (nSPS) is 12.1. The van der Waals surface area contributed by atoms with Crippen molar-refractivity contribution in [2.45, 2.75) is 0 Å². The molecule has 0 aliphatic heterocycles. The van der Waals surface area contributed by atoms with E-state index in [2.05, 4.69) is 180 Å². The first kappa shape index (κ1) is 35.0. The number of nitrogens with zero attached hydrogens (tertiary/aromatic N) is 5. The maximum atomic E-state index is 5.34. The van der Waals surface area contributed by atoms with Gasteiger partial charge in [0.2, 0.25) is 0 Å². The predicted octanol–water partition coefficient (Wildman–Crippen LogP) is 14.9. The fourth-order valence-electron chi connectivity index (χ4n) is 10.4. The quantitative estimate of drug-likeness (QED) is 0.162. The van der Waals surface area contributed by atoms with Crippen molar-refractivity contribution in [1.29, 1.82) is 0 Å². The highest BCUT2D eigenvalue weighted by molar-refractivity contribution is 6.20.